The zero-order valence-electron chi connectivity index (χ0n) is 17.6. The highest BCUT2D eigenvalue weighted by Gasteiger charge is 2.33. The van der Waals surface area contributed by atoms with E-state index in [0.29, 0.717) is 0 Å². The molecule has 0 aliphatic carbocycles. The smallest absolute Gasteiger partial charge is 0.407 e. The molecule has 0 radical (unpaired) electrons. The van der Waals surface area contributed by atoms with Gasteiger partial charge in [0.2, 0.25) is 11.6 Å². The second kappa shape index (κ2) is 9.15. The van der Waals surface area contributed by atoms with Gasteiger partial charge < -0.3 is 14.4 Å². The lowest BCUT2D eigenvalue weighted by Gasteiger charge is -2.29. The minimum atomic E-state index is -3.99. The first-order valence-corrected chi connectivity index (χ1v) is 10.8. The van der Waals surface area contributed by atoms with Crippen LogP contribution in [0.1, 0.15) is 11.1 Å². The molecule has 0 unspecified atom stereocenters. The molecular formula is C19H19F3N4O6S. The van der Waals surface area contributed by atoms with Crippen molar-refractivity contribution in [2.75, 3.05) is 25.9 Å². The van der Waals surface area contributed by atoms with Crippen LogP contribution in [0.2, 0.25) is 0 Å². The number of ether oxygens (including phenoxy) is 2. The maximum atomic E-state index is 14.8. The molecule has 33 heavy (non-hydrogen) atoms. The van der Waals surface area contributed by atoms with Crippen molar-refractivity contribution in [2.45, 2.75) is 13.1 Å². The van der Waals surface area contributed by atoms with Gasteiger partial charge in [-0.05, 0) is 12.1 Å². The Morgan fingerprint density at radius 1 is 1.24 bits per heavy atom. The predicted molar refractivity (Wildman–Crippen MR) is 109 cm³/mol. The molecule has 0 spiro atoms. The van der Waals surface area contributed by atoms with Gasteiger partial charge in [-0.25, -0.2) is 23.1 Å². The monoisotopic (exact) mass is 488 g/mol. The Labute approximate surface area is 187 Å². The van der Waals surface area contributed by atoms with Gasteiger partial charge in [0.15, 0.2) is 17.4 Å². The average molecular weight is 488 g/mol. The van der Waals surface area contributed by atoms with Crippen molar-refractivity contribution in [1.82, 2.24) is 14.5 Å². The van der Waals surface area contributed by atoms with Crippen LogP contribution in [-0.4, -0.2) is 51.5 Å². The Morgan fingerprint density at radius 3 is 2.58 bits per heavy atom. The molecular weight excluding hydrogens is 469 g/mol. The van der Waals surface area contributed by atoms with Crippen molar-refractivity contribution < 1.29 is 40.7 Å². The first-order valence-electron chi connectivity index (χ1n) is 9.29. The summed E-state index contributed by atoms with van der Waals surface area (Å²) in [4.78, 5) is 25.9. The van der Waals surface area contributed by atoms with Crippen molar-refractivity contribution in [2.24, 2.45) is 0 Å². The highest BCUT2D eigenvalue weighted by molar-refractivity contribution is 7.90. The third kappa shape index (κ3) is 5.12. The number of nitrogens with zero attached hydrogens (tertiary/aromatic N) is 2. The number of rotatable bonds is 6. The molecule has 14 heteroatoms. The molecule has 2 N–H and O–H groups in total. The number of hydrogen-bond acceptors (Lipinski definition) is 6. The number of hydrogen-bond donors (Lipinski definition) is 2. The minimum Gasteiger partial charge on any atom is -0.407 e. The second-order valence-corrected chi connectivity index (χ2v) is 8.68. The SMILES string of the molecule is CNS(=O)(=O)Nc1cccc(CN2Cc3cc(F)c(OC(=O)N(C)C)c(F)c3OC2=O)c1F. The standard InChI is InChI=1S/C19H19F3N4O6S/c1-23-33(29,30)24-13-6-4-5-10(14(13)21)8-26-9-11-7-12(20)17(32-18(27)25(2)3)15(22)16(11)31-19(26)28/h4-7,23-24H,8-9H2,1-3H3. The summed E-state index contributed by atoms with van der Waals surface area (Å²) in [6.07, 6.45) is -2.11. The fourth-order valence-corrected chi connectivity index (χ4v) is 3.41. The Balaban J connectivity index is 1.87. The van der Waals surface area contributed by atoms with Crippen molar-refractivity contribution in [3.63, 3.8) is 0 Å². The number of carbonyl (C=O) groups excluding carboxylic acids is 2. The summed E-state index contributed by atoms with van der Waals surface area (Å²) < 4.78 is 80.7. The van der Waals surface area contributed by atoms with Crippen LogP contribution in [0.3, 0.4) is 0 Å². The highest BCUT2D eigenvalue weighted by Crippen LogP contribution is 2.37. The fraction of sp³-hybridized carbons (Fsp3) is 0.263. The molecule has 0 saturated heterocycles. The number of nitrogens with one attached hydrogen (secondary N) is 2. The molecule has 2 amide bonds. The number of fused-ring (bicyclic) bond motifs is 1. The van der Waals surface area contributed by atoms with Crippen LogP contribution in [0.25, 0.3) is 0 Å². The Hall–Kier alpha value is -3.52. The van der Waals surface area contributed by atoms with Crippen LogP contribution < -0.4 is 18.9 Å². The van der Waals surface area contributed by atoms with Crippen molar-refractivity contribution in [3.8, 4) is 11.5 Å². The summed E-state index contributed by atoms with van der Waals surface area (Å²) in [6.45, 7) is -0.740. The lowest BCUT2D eigenvalue weighted by Crippen LogP contribution is -2.37. The molecule has 10 nitrogen and oxygen atoms in total. The first-order chi connectivity index (χ1) is 15.4. The first kappa shape index (κ1) is 24.1. The van der Waals surface area contributed by atoms with Crippen LogP contribution in [-0.2, 0) is 23.3 Å². The van der Waals surface area contributed by atoms with Crippen LogP contribution >= 0.6 is 0 Å². The molecule has 1 heterocycles. The van der Waals surface area contributed by atoms with Gasteiger partial charge in [-0.3, -0.25) is 9.62 Å². The summed E-state index contributed by atoms with van der Waals surface area (Å²) >= 11 is 0. The van der Waals surface area contributed by atoms with Crippen LogP contribution in [0.4, 0.5) is 28.4 Å². The van der Waals surface area contributed by atoms with E-state index in [4.69, 9.17) is 4.74 Å². The number of anilines is 1. The second-order valence-electron chi connectivity index (χ2n) is 7.06. The molecule has 0 aromatic heterocycles. The molecule has 0 bridgehead atoms. The van der Waals surface area contributed by atoms with E-state index in [1.165, 1.54) is 32.3 Å². The van der Waals surface area contributed by atoms with Crippen LogP contribution in [0.15, 0.2) is 24.3 Å². The summed E-state index contributed by atoms with van der Waals surface area (Å²) in [7, 11) is -0.232. The topological polar surface area (TPSA) is 117 Å². The molecule has 178 valence electrons. The van der Waals surface area contributed by atoms with E-state index in [1.807, 2.05) is 9.44 Å². The number of carbonyl (C=O) groups is 2. The fourth-order valence-electron chi connectivity index (χ4n) is 2.86. The van der Waals surface area contributed by atoms with E-state index in [9.17, 15) is 31.2 Å². The van der Waals surface area contributed by atoms with Crippen LogP contribution in [0, 0.1) is 17.5 Å². The largest absolute Gasteiger partial charge is 0.415 e. The van der Waals surface area contributed by atoms with E-state index in [0.717, 1.165) is 22.9 Å². The lowest BCUT2D eigenvalue weighted by atomic mass is 10.1. The quantitative estimate of drug-likeness (QED) is 0.646. The summed E-state index contributed by atoms with van der Waals surface area (Å²) in [5.41, 5.74) is -0.525. The van der Waals surface area contributed by atoms with Crippen molar-refractivity contribution in [1.29, 1.82) is 0 Å². The van der Waals surface area contributed by atoms with Gasteiger partial charge in [0.05, 0.1) is 18.8 Å². The predicted octanol–water partition coefficient (Wildman–Crippen LogP) is 2.55. The summed E-state index contributed by atoms with van der Waals surface area (Å²) in [5, 5.41) is 0. The normalized spacial score (nSPS) is 13.3. The molecule has 1 aliphatic heterocycles. The van der Waals surface area contributed by atoms with Gasteiger partial charge in [0.1, 0.15) is 0 Å². The Kier molecular flexibility index (Phi) is 6.69. The molecule has 2 aromatic carbocycles. The maximum Gasteiger partial charge on any atom is 0.415 e. The average Bonchev–Trinajstić information content (AvgIpc) is 2.75. The zero-order valence-corrected chi connectivity index (χ0v) is 18.4. The molecule has 2 aromatic rings. The maximum absolute atomic E-state index is 14.8. The van der Waals surface area contributed by atoms with Crippen molar-refractivity contribution in [3.05, 3.63) is 52.8 Å². The Bertz CT molecular complexity index is 1220. The van der Waals surface area contributed by atoms with E-state index >= 15 is 0 Å². The summed E-state index contributed by atoms with van der Waals surface area (Å²) in [5.74, 6) is -5.16. The van der Waals surface area contributed by atoms with Crippen LogP contribution in [0.5, 0.6) is 11.5 Å². The summed E-state index contributed by atoms with van der Waals surface area (Å²) in [6, 6.07) is 4.68. The lowest BCUT2D eigenvalue weighted by molar-refractivity contribution is 0.130. The molecule has 3 rings (SSSR count). The van der Waals surface area contributed by atoms with Gasteiger partial charge in [-0.2, -0.15) is 12.8 Å². The third-order valence-corrected chi connectivity index (χ3v) is 5.55. The molecule has 1 aliphatic rings. The van der Waals surface area contributed by atoms with E-state index in [-0.39, 0.29) is 29.9 Å². The van der Waals surface area contributed by atoms with Gasteiger partial charge >= 0.3 is 12.2 Å². The van der Waals surface area contributed by atoms with E-state index < -0.39 is 51.3 Å². The van der Waals surface area contributed by atoms with Gasteiger partial charge in [0.25, 0.3) is 10.2 Å². The van der Waals surface area contributed by atoms with E-state index in [2.05, 4.69) is 4.74 Å². The van der Waals surface area contributed by atoms with Crippen molar-refractivity contribution >= 4 is 28.1 Å². The number of amides is 2. The number of halogens is 3. The Morgan fingerprint density at radius 2 is 1.94 bits per heavy atom. The number of benzene rings is 2. The highest BCUT2D eigenvalue weighted by atomic mass is 32.2. The minimum absolute atomic E-state index is 0.0795. The molecule has 0 fully saturated rings. The van der Waals surface area contributed by atoms with Gasteiger partial charge in [-0.1, -0.05) is 12.1 Å². The van der Waals surface area contributed by atoms with Gasteiger partial charge in [-0.15, -0.1) is 0 Å². The zero-order chi connectivity index (χ0) is 24.5. The molecule has 0 atom stereocenters. The van der Waals surface area contributed by atoms with Gasteiger partial charge in [0, 0.05) is 32.3 Å². The third-order valence-electron chi connectivity index (χ3n) is 4.52. The molecule has 0 saturated carbocycles. The van der Waals surface area contributed by atoms with E-state index in [1.54, 1.807) is 0 Å².